The molecule has 0 aliphatic carbocycles. The highest BCUT2D eigenvalue weighted by atomic mass is 19.1. The highest BCUT2D eigenvalue weighted by Gasteiger charge is 2.27. The number of piperidine rings is 2. The summed E-state index contributed by atoms with van der Waals surface area (Å²) in [4.78, 5) is 59.4. The lowest BCUT2D eigenvalue weighted by molar-refractivity contribution is -0.134. The molecule has 2 atom stereocenters. The van der Waals surface area contributed by atoms with Crippen LogP contribution in [0.1, 0.15) is 58.8 Å². The predicted octanol–water partition coefficient (Wildman–Crippen LogP) is 6.33. The van der Waals surface area contributed by atoms with Crippen molar-refractivity contribution in [2.45, 2.75) is 70.9 Å². The first-order valence-corrected chi connectivity index (χ1v) is 18.7. The Hall–Kier alpha value is -6.06. The van der Waals surface area contributed by atoms with Crippen LogP contribution in [0.4, 0.5) is 20.4 Å². The molecular weight excluding hydrogens is 707 g/mol. The van der Waals surface area contributed by atoms with Crippen molar-refractivity contribution in [2.24, 2.45) is 0 Å². The average molecular weight is 751 g/mol. The molecule has 2 fully saturated rings. The first-order valence-electron chi connectivity index (χ1n) is 18.7. The van der Waals surface area contributed by atoms with E-state index in [9.17, 15) is 18.4 Å². The number of hydrogen-bond acceptors (Lipinski definition) is 10. The average Bonchev–Trinajstić information content (AvgIpc) is 3.86. The summed E-state index contributed by atoms with van der Waals surface area (Å²) in [5.41, 5.74) is 3.00. The van der Waals surface area contributed by atoms with E-state index in [1.807, 2.05) is 41.0 Å². The van der Waals surface area contributed by atoms with E-state index in [1.165, 1.54) is 12.4 Å². The third-order valence-corrected chi connectivity index (χ3v) is 10.2. The van der Waals surface area contributed by atoms with Gasteiger partial charge in [-0.1, -0.05) is 6.92 Å². The van der Waals surface area contributed by atoms with E-state index < -0.39 is 11.6 Å². The summed E-state index contributed by atoms with van der Waals surface area (Å²) in [5, 5.41) is 7.93. The summed E-state index contributed by atoms with van der Waals surface area (Å²) in [5.74, 6) is 0.314. The van der Waals surface area contributed by atoms with Gasteiger partial charge in [0.15, 0.2) is 34.9 Å². The smallest absolute Gasteiger partial charge is 0.222 e. The fourth-order valence-electron chi connectivity index (χ4n) is 7.32. The molecule has 2 aliphatic heterocycles. The summed E-state index contributed by atoms with van der Waals surface area (Å²) < 4.78 is 28.6. The quantitative estimate of drug-likeness (QED) is 0.131. The van der Waals surface area contributed by atoms with Crippen molar-refractivity contribution in [2.75, 3.05) is 36.8 Å². The molecular formula is C39H44F2N12O2. The zero-order valence-corrected chi connectivity index (χ0v) is 30.9. The molecule has 8 rings (SSSR count). The Bertz CT molecular complexity index is 2280. The molecule has 2 unspecified atom stereocenters. The van der Waals surface area contributed by atoms with Crippen LogP contribution in [0.2, 0.25) is 0 Å². The first-order chi connectivity index (χ1) is 26.8. The third-order valence-electron chi connectivity index (χ3n) is 10.2. The summed E-state index contributed by atoms with van der Waals surface area (Å²) in [6.07, 6.45) is 15.8. The van der Waals surface area contributed by atoms with Gasteiger partial charge in [0.2, 0.25) is 11.8 Å². The summed E-state index contributed by atoms with van der Waals surface area (Å²) in [6, 6.07) is 7.61. The van der Waals surface area contributed by atoms with Crippen LogP contribution in [-0.4, -0.2) is 99.7 Å². The van der Waals surface area contributed by atoms with Crippen LogP contribution in [-0.2, 0) is 9.59 Å². The zero-order valence-electron chi connectivity index (χ0n) is 30.9. The summed E-state index contributed by atoms with van der Waals surface area (Å²) in [6.45, 7) is 5.89. The Morgan fingerprint density at radius 1 is 0.745 bits per heavy atom. The maximum atomic E-state index is 14.3. The number of hydrogen-bond donors (Lipinski definition) is 4. The monoisotopic (exact) mass is 750 g/mol. The standard InChI is InChI=1S/C20H23FN6O.C19H21FN6O/c1-2-17(28)27-9-4-3-6-13(27)10-23-20-16(21)12-25-19(26-20)15-11-24-18-14(15)7-5-8-22-18;1-12(27)26-8-3-2-5-13(26)9-22-19-16(20)11-24-18(25-19)15-10-23-17-14(15)6-4-7-21-17/h5,7-8,11-13H,2-4,6,9-10H2,1H3,(H,22,24)(H,23,25,26);4,6-7,10-11,13H,2-3,5,8-9H2,1H3,(H,21,23)(H,22,24,25). The minimum absolute atomic E-state index is 0.0476. The number of amides is 2. The number of carbonyl (C=O) groups excluding carboxylic acids is 2. The van der Waals surface area contributed by atoms with Crippen LogP contribution in [0.25, 0.3) is 44.8 Å². The molecule has 286 valence electrons. The molecule has 4 N–H and O–H groups in total. The molecule has 0 aromatic carbocycles. The molecule has 0 bridgehead atoms. The van der Waals surface area contributed by atoms with Crippen LogP contribution in [0, 0.1) is 11.6 Å². The van der Waals surface area contributed by atoms with Crippen LogP contribution < -0.4 is 10.6 Å². The van der Waals surface area contributed by atoms with Gasteiger partial charge in [-0.15, -0.1) is 0 Å². The van der Waals surface area contributed by atoms with E-state index in [0.717, 1.165) is 84.8 Å². The largest absolute Gasteiger partial charge is 0.365 e. The van der Waals surface area contributed by atoms with Crippen LogP contribution in [0.5, 0.6) is 0 Å². The van der Waals surface area contributed by atoms with Crippen molar-refractivity contribution in [3.63, 3.8) is 0 Å². The van der Waals surface area contributed by atoms with Gasteiger partial charge in [-0.25, -0.2) is 38.7 Å². The molecule has 55 heavy (non-hydrogen) atoms. The van der Waals surface area contributed by atoms with E-state index in [-0.39, 0.29) is 35.5 Å². The minimum Gasteiger partial charge on any atom is -0.365 e. The van der Waals surface area contributed by atoms with Gasteiger partial charge in [0.05, 0.1) is 12.4 Å². The van der Waals surface area contributed by atoms with Gasteiger partial charge < -0.3 is 30.4 Å². The fraction of sp³-hybridized carbons (Fsp3) is 0.385. The molecule has 8 heterocycles. The number of pyridine rings is 2. The lowest BCUT2D eigenvalue weighted by atomic mass is 10.0. The van der Waals surface area contributed by atoms with E-state index >= 15 is 0 Å². The number of aromatic nitrogens is 8. The van der Waals surface area contributed by atoms with Gasteiger partial charge in [0, 0.05) is 98.3 Å². The Morgan fingerprint density at radius 3 is 1.73 bits per heavy atom. The van der Waals surface area contributed by atoms with Crippen molar-refractivity contribution in [3.05, 3.63) is 73.1 Å². The molecule has 6 aromatic rings. The SMILES string of the molecule is CC(=O)N1CCCCC1CNc1nc(-c2c[nH]c3ncccc23)ncc1F.CCC(=O)N1CCCCC1CNc1nc(-c2c[nH]c3ncccc23)ncc1F. The van der Waals surface area contributed by atoms with E-state index in [2.05, 4.69) is 50.5 Å². The third kappa shape index (κ3) is 8.37. The van der Waals surface area contributed by atoms with E-state index in [1.54, 1.807) is 31.7 Å². The summed E-state index contributed by atoms with van der Waals surface area (Å²) >= 11 is 0. The number of H-pyrrole nitrogens is 2. The van der Waals surface area contributed by atoms with E-state index in [0.29, 0.717) is 31.2 Å². The molecule has 2 saturated heterocycles. The Morgan fingerprint density at radius 2 is 1.24 bits per heavy atom. The predicted molar refractivity (Wildman–Crippen MR) is 206 cm³/mol. The highest BCUT2D eigenvalue weighted by molar-refractivity contribution is 5.92. The van der Waals surface area contributed by atoms with Gasteiger partial charge >= 0.3 is 0 Å². The number of nitrogens with zero attached hydrogens (tertiary/aromatic N) is 8. The second kappa shape index (κ2) is 17.0. The van der Waals surface area contributed by atoms with Crippen LogP contribution in [0.15, 0.2) is 61.4 Å². The van der Waals surface area contributed by atoms with Crippen molar-refractivity contribution < 1.29 is 18.4 Å². The van der Waals surface area contributed by atoms with Gasteiger partial charge in [-0.05, 0) is 62.8 Å². The molecule has 6 aromatic heterocycles. The van der Waals surface area contributed by atoms with Crippen LogP contribution >= 0.6 is 0 Å². The van der Waals surface area contributed by atoms with Gasteiger partial charge in [-0.2, -0.15) is 0 Å². The van der Waals surface area contributed by atoms with Gasteiger partial charge in [0.25, 0.3) is 0 Å². The number of halogens is 2. The van der Waals surface area contributed by atoms with Crippen molar-refractivity contribution >= 4 is 45.5 Å². The molecule has 0 saturated carbocycles. The Kier molecular flexibility index (Phi) is 11.5. The second-order valence-corrected chi connectivity index (χ2v) is 13.7. The van der Waals surface area contributed by atoms with Gasteiger partial charge in [0.1, 0.15) is 11.3 Å². The highest BCUT2D eigenvalue weighted by Crippen LogP contribution is 2.28. The first kappa shape index (κ1) is 37.3. The topological polar surface area (TPSA) is 174 Å². The van der Waals surface area contributed by atoms with Crippen molar-refractivity contribution in [3.8, 4) is 22.8 Å². The molecule has 2 aliphatic rings. The molecule has 16 heteroatoms. The maximum absolute atomic E-state index is 14.3. The molecule has 14 nitrogen and oxygen atoms in total. The normalized spacial score (nSPS) is 17.2. The molecule has 0 radical (unpaired) electrons. The Balaban J connectivity index is 0.000000169. The molecule has 0 spiro atoms. The number of rotatable bonds is 9. The zero-order chi connectivity index (χ0) is 38.3. The van der Waals surface area contributed by atoms with Gasteiger partial charge in [-0.3, -0.25) is 9.59 Å². The number of carbonyl (C=O) groups is 2. The number of likely N-dealkylation sites (tertiary alicyclic amines) is 2. The Labute approximate surface area is 316 Å². The number of aromatic amines is 2. The van der Waals surface area contributed by atoms with Crippen molar-refractivity contribution in [1.82, 2.24) is 49.7 Å². The lowest BCUT2D eigenvalue weighted by Gasteiger charge is -2.36. The minimum atomic E-state index is -0.512. The lowest BCUT2D eigenvalue weighted by Crippen LogP contribution is -2.46. The summed E-state index contributed by atoms with van der Waals surface area (Å²) in [7, 11) is 0. The number of anilines is 2. The van der Waals surface area contributed by atoms with E-state index in [4.69, 9.17) is 0 Å². The fourth-order valence-corrected chi connectivity index (χ4v) is 7.32. The number of nitrogens with one attached hydrogen (secondary N) is 4. The molecule has 2 amide bonds. The second-order valence-electron chi connectivity index (χ2n) is 13.7. The number of fused-ring (bicyclic) bond motifs is 2. The van der Waals surface area contributed by atoms with Crippen LogP contribution in [0.3, 0.4) is 0 Å². The van der Waals surface area contributed by atoms with Crippen molar-refractivity contribution in [1.29, 1.82) is 0 Å². The maximum Gasteiger partial charge on any atom is 0.222 e.